The third kappa shape index (κ3) is 4.09. The molecular weight excluding hydrogens is 248 g/mol. The normalized spacial score (nSPS) is 21.5. The van der Waals surface area contributed by atoms with Crippen molar-refractivity contribution < 1.29 is 0 Å². The van der Waals surface area contributed by atoms with Crippen molar-refractivity contribution in [3.8, 4) is 0 Å². The molecule has 4 nitrogen and oxygen atoms in total. The Kier molecular flexibility index (Phi) is 4.84. The summed E-state index contributed by atoms with van der Waals surface area (Å²) in [6.45, 7) is 9.80. The first-order valence-corrected chi connectivity index (χ1v) is 7.91. The van der Waals surface area contributed by atoms with Crippen LogP contribution in [0.2, 0.25) is 0 Å². The molecule has 1 aromatic rings. The molecule has 1 aromatic heterocycles. The second-order valence-corrected chi connectivity index (χ2v) is 6.54. The molecule has 0 bridgehead atoms. The van der Waals surface area contributed by atoms with Gasteiger partial charge in [-0.15, -0.1) is 0 Å². The van der Waals surface area contributed by atoms with Crippen molar-refractivity contribution in [3.05, 3.63) is 11.9 Å². The summed E-state index contributed by atoms with van der Waals surface area (Å²) in [5.74, 6) is 2.80. The first-order valence-electron chi connectivity index (χ1n) is 7.91. The first kappa shape index (κ1) is 15.1. The topological polar surface area (TPSA) is 49.8 Å². The van der Waals surface area contributed by atoms with E-state index in [1.807, 2.05) is 6.07 Å². The fourth-order valence-electron chi connectivity index (χ4n) is 3.03. The molecule has 0 saturated heterocycles. The summed E-state index contributed by atoms with van der Waals surface area (Å²) in [5.41, 5.74) is 0.445. The third-order valence-electron chi connectivity index (χ3n) is 4.00. The van der Waals surface area contributed by atoms with E-state index < -0.39 is 0 Å². The third-order valence-corrected chi connectivity index (χ3v) is 4.00. The largest absolute Gasteiger partial charge is 0.370 e. The standard InChI is InChI=1S/C16H28N4/c1-5-13-19-14(17-6-2)10-15(20-13)18-12-8-7-9-16(3,4)11-12/h10,12H,5-9,11H2,1-4H3,(H2,17,18,19,20). The zero-order valence-electron chi connectivity index (χ0n) is 13.3. The second-order valence-electron chi connectivity index (χ2n) is 6.54. The summed E-state index contributed by atoms with van der Waals surface area (Å²) in [6.07, 6.45) is 5.96. The van der Waals surface area contributed by atoms with E-state index >= 15 is 0 Å². The summed E-state index contributed by atoms with van der Waals surface area (Å²) in [6, 6.07) is 2.57. The van der Waals surface area contributed by atoms with Crippen LogP contribution in [-0.2, 0) is 6.42 Å². The predicted molar refractivity (Wildman–Crippen MR) is 85.2 cm³/mol. The Bertz CT molecular complexity index is 442. The SMILES string of the molecule is CCNc1cc(NC2CCCC(C)(C)C2)nc(CC)n1. The Hall–Kier alpha value is -1.32. The smallest absolute Gasteiger partial charge is 0.132 e. The van der Waals surface area contributed by atoms with Gasteiger partial charge in [-0.25, -0.2) is 9.97 Å². The lowest BCUT2D eigenvalue weighted by Crippen LogP contribution is -2.32. The Balaban J connectivity index is 2.09. The Morgan fingerprint density at radius 1 is 1.25 bits per heavy atom. The lowest BCUT2D eigenvalue weighted by atomic mass is 9.75. The molecule has 20 heavy (non-hydrogen) atoms. The van der Waals surface area contributed by atoms with Crippen LogP contribution < -0.4 is 10.6 Å². The maximum Gasteiger partial charge on any atom is 0.132 e. The average molecular weight is 276 g/mol. The van der Waals surface area contributed by atoms with Gasteiger partial charge in [0.25, 0.3) is 0 Å². The Labute approximate surface area is 122 Å². The van der Waals surface area contributed by atoms with Gasteiger partial charge in [-0.2, -0.15) is 0 Å². The van der Waals surface area contributed by atoms with Crippen molar-refractivity contribution in [3.63, 3.8) is 0 Å². The van der Waals surface area contributed by atoms with Gasteiger partial charge >= 0.3 is 0 Å². The van der Waals surface area contributed by atoms with E-state index in [-0.39, 0.29) is 0 Å². The van der Waals surface area contributed by atoms with E-state index in [0.717, 1.165) is 30.4 Å². The van der Waals surface area contributed by atoms with Crippen LogP contribution in [0.1, 0.15) is 59.2 Å². The molecule has 0 radical (unpaired) electrons. The summed E-state index contributed by atoms with van der Waals surface area (Å²) in [7, 11) is 0. The van der Waals surface area contributed by atoms with E-state index in [4.69, 9.17) is 0 Å². The number of aryl methyl sites for hydroxylation is 1. The highest BCUT2D eigenvalue weighted by Crippen LogP contribution is 2.36. The van der Waals surface area contributed by atoms with Crippen LogP contribution >= 0.6 is 0 Å². The van der Waals surface area contributed by atoms with Gasteiger partial charge in [0.15, 0.2) is 0 Å². The van der Waals surface area contributed by atoms with Crippen molar-refractivity contribution in [2.24, 2.45) is 5.41 Å². The molecule has 1 fully saturated rings. The van der Waals surface area contributed by atoms with Gasteiger partial charge in [0.2, 0.25) is 0 Å². The maximum atomic E-state index is 4.61. The van der Waals surface area contributed by atoms with Crippen molar-refractivity contribution in [1.29, 1.82) is 0 Å². The number of rotatable bonds is 5. The predicted octanol–water partition coefficient (Wildman–Crippen LogP) is 3.85. The fourth-order valence-corrected chi connectivity index (χ4v) is 3.03. The van der Waals surface area contributed by atoms with Crippen LogP contribution in [0.4, 0.5) is 11.6 Å². The molecule has 0 aromatic carbocycles. The van der Waals surface area contributed by atoms with Crippen LogP contribution in [0.15, 0.2) is 6.07 Å². The zero-order chi connectivity index (χ0) is 14.6. The van der Waals surface area contributed by atoms with Crippen molar-refractivity contribution in [2.75, 3.05) is 17.2 Å². The van der Waals surface area contributed by atoms with E-state index in [9.17, 15) is 0 Å². The van der Waals surface area contributed by atoms with Crippen molar-refractivity contribution in [1.82, 2.24) is 9.97 Å². The number of nitrogens with one attached hydrogen (secondary N) is 2. The summed E-state index contributed by atoms with van der Waals surface area (Å²) < 4.78 is 0. The summed E-state index contributed by atoms with van der Waals surface area (Å²) >= 11 is 0. The first-order chi connectivity index (χ1) is 9.52. The quantitative estimate of drug-likeness (QED) is 0.857. The molecule has 2 N–H and O–H groups in total. The number of hydrogen-bond acceptors (Lipinski definition) is 4. The van der Waals surface area contributed by atoms with Crippen LogP contribution in [-0.4, -0.2) is 22.6 Å². The van der Waals surface area contributed by atoms with Gasteiger partial charge in [-0.1, -0.05) is 27.2 Å². The minimum atomic E-state index is 0.445. The highest BCUT2D eigenvalue weighted by Gasteiger charge is 2.28. The van der Waals surface area contributed by atoms with Gasteiger partial charge in [0.05, 0.1) is 0 Å². The number of hydrogen-bond donors (Lipinski definition) is 2. The molecule has 1 heterocycles. The van der Waals surface area contributed by atoms with Crippen LogP contribution in [0.3, 0.4) is 0 Å². The lowest BCUT2D eigenvalue weighted by molar-refractivity contribution is 0.229. The van der Waals surface area contributed by atoms with Crippen molar-refractivity contribution >= 4 is 11.6 Å². The van der Waals surface area contributed by atoms with Crippen LogP contribution in [0, 0.1) is 5.41 Å². The summed E-state index contributed by atoms with van der Waals surface area (Å²) in [5, 5.41) is 6.90. The molecule has 1 aliphatic carbocycles. The Morgan fingerprint density at radius 3 is 2.65 bits per heavy atom. The molecule has 0 spiro atoms. The van der Waals surface area contributed by atoms with Crippen molar-refractivity contribution in [2.45, 2.75) is 65.8 Å². The van der Waals surface area contributed by atoms with Crippen LogP contribution in [0.25, 0.3) is 0 Å². The van der Waals surface area contributed by atoms with Gasteiger partial charge in [0.1, 0.15) is 17.5 Å². The maximum absolute atomic E-state index is 4.61. The summed E-state index contributed by atoms with van der Waals surface area (Å²) in [4.78, 5) is 9.11. The highest BCUT2D eigenvalue weighted by molar-refractivity contribution is 5.48. The minimum Gasteiger partial charge on any atom is -0.370 e. The molecule has 4 heteroatoms. The second kappa shape index (κ2) is 6.42. The number of anilines is 2. The molecular formula is C16H28N4. The fraction of sp³-hybridized carbons (Fsp3) is 0.750. The Morgan fingerprint density at radius 2 is 2.00 bits per heavy atom. The lowest BCUT2D eigenvalue weighted by Gasteiger charge is -2.35. The van der Waals surface area contributed by atoms with Gasteiger partial charge < -0.3 is 10.6 Å². The number of nitrogens with zero attached hydrogens (tertiary/aromatic N) is 2. The minimum absolute atomic E-state index is 0.445. The molecule has 2 rings (SSSR count). The zero-order valence-corrected chi connectivity index (χ0v) is 13.3. The van der Waals surface area contributed by atoms with E-state index in [1.165, 1.54) is 25.7 Å². The molecule has 1 aliphatic rings. The molecule has 1 unspecified atom stereocenters. The molecule has 0 amide bonds. The van der Waals surface area contributed by atoms with Gasteiger partial charge in [-0.05, 0) is 31.6 Å². The van der Waals surface area contributed by atoms with E-state index in [0.29, 0.717) is 11.5 Å². The van der Waals surface area contributed by atoms with Gasteiger partial charge in [0, 0.05) is 25.1 Å². The number of aromatic nitrogens is 2. The van der Waals surface area contributed by atoms with E-state index in [1.54, 1.807) is 0 Å². The molecule has 112 valence electrons. The monoisotopic (exact) mass is 276 g/mol. The molecule has 1 saturated carbocycles. The molecule has 1 atom stereocenters. The molecule has 0 aliphatic heterocycles. The highest BCUT2D eigenvalue weighted by atomic mass is 15.1. The average Bonchev–Trinajstić information content (AvgIpc) is 2.37. The van der Waals surface area contributed by atoms with Gasteiger partial charge in [-0.3, -0.25) is 0 Å². The van der Waals surface area contributed by atoms with Crippen LogP contribution in [0.5, 0.6) is 0 Å². The van der Waals surface area contributed by atoms with E-state index in [2.05, 4.69) is 48.3 Å².